The van der Waals surface area contributed by atoms with Crippen molar-refractivity contribution in [3.63, 3.8) is 0 Å². The number of halogens is 3. The number of alkyl halides is 3. The van der Waals surface area contributed by atoms with E-state index in [9.17, 15) is 21.6 Å². The van der Waals surface area contributed by atoms with Crippen LogP contribution in [0, 0.1) is 6.92 Å². The highest BCUT2D eigenvalue weighted by molar-refractivity contribution is 7.73. The Bertz CT molecular complexity index is 1170. The Morgan fingerprint density at radius 2 is 1.97 bits per heavy atom. The number of aromatic nitrogens is 1. The van der Waals surface area contributed by atoms with Gasteiger partial charge in [0.15, 0.2) is 16.8 Å². The monoisotopic (exact) mass is 453 g/mol. The summed E-state index contributed by atoms with van der Waals surface area (Å²) < 4.78 is 71.6. The summed E-state index contributed by atoms with van der Waals surface area (Å²) in [7, 11) is -1.24. The first-order valence-electron chi connectivity index (χ1n) is 9.54. The van der Waals surface area contributed by atoms with Crippen molar-refractivity contribution in [1.29, 1.82) is 0 Å². The molecule has 1 aliphatic rings. The summed E-state index contributed by atoms with van der Waals surface area (Å²) >= 11 is 0. The maximum Gasteiger partial charge on any atom is 0.421 e. The Kier molecular flexibility index (Phi) is 6.71. The zero-order chi connectivity index (χ0) is 22.8. The lowest BCUT2D eigenvalue weighted by molar-refractivity contribution is -0.0884. The van der Waals surface area contributed by atoms with Crippen molar-refractivity contribution in [2.24, 2.45) is 4.99 Å². The van der Waals surface area contributed by atoms with Crippen molar-refractivity contribution >= 4 is 21.4 Å². The summed E-state index contributed by atoms with van der Waals surface area (Å²) in [5.74, 6) is -0.720. The SMILES string of the molecule is CCOC1=C(C(F)(F)F)C=NC(n2cc(CNC)cc2-c2ccccc2C)C1=S(=O)=O. The molecular formula is C21H22F3N3O3S. The minimum Gasteiger partial charge on any atom is -0.492 e. The lowest BCUT2D eigenvalue weighted by Gasteiger charge is -2.26. The highest BCUT2D eigenvalue weighted by Crippen LogP contribution is 2.36. The van der Waals surface area contributed by atoms with Gasteiger partial charge >= 0.3 is 6.18 Å². The van der Waals surface area contributed by atoms with Gasteiger partial charge < -0.3 is 14.6 Å². The fourth-order valence-electron chi connectivity index (χ4n) is 3.49. The lowest BCUT2D eigenvalue weighted by Crippen LogP contribution is -2.31. The summed E-state index contributed by atoms with van der Waals surface area (Å²) in [6.07, 6.45) is -3.71. The van der Waals surface area contributed by atoms with Crippen molar-refractivity contribution in [3.05, 3.63) is 59.0 Å². The molecule has 2 aromatic rings. The van der Waals surface area contributed by atoms with Crippen LogP contribution < -0.4 is 5.32 Å². The largest absolute Gasteiger partial charge is 0.492 e. The topological polar surface area (TPSA) is 72.7 Å². The summed E-state index contributed by atoms with van der Waals surface area (Å²) in [6, 6.07) is 9.34. The van der Waals surface area contributed by atoms with Crippen LogP contribution in [0.15, 0.2) is 52.9 Å². The second kappa shape index (κ2) is 9.11. The van der Waals surface area contributed by atoms with Crippen LogP contribution in [0.4, 0.5) is 13.2 Å². The minimum absolute atomic E-state index is 0.127. The Labute approximate surface area is 179 Å². The van der Waals surface area contributed by atoms with Crippen molar-refractivity contribution in [1.82, 2.24) is 9.88 Å². The van der Waals surface area contributed by atoms with Crippen LogP contribution in [0.3, 0.4) is 0 Å². The predicted molar refractivity (Wildman–Crippen MR) is 114 cm³/mol. The van der Waals surface area contributed by atoms with Crippen LogP contribution in [-0.2, 0) is 21.6 Å². The summed E-state index contributed by atoms with van der Waals surface area (Å²) in [5.41, 5.74) is 2.00. The van der Waals surface area contributed by atoms with Crippen LogP contribution in [0.5, 0.6) is 0 Å². The number of hydrogen-bond acceptors (Lipinski definition) is 5. The zero-order valence-electron chi connectivity index (χ0n) is 17.2. The standard InChI is InChI=1S/C21H22F3N3O3S/c1-4-30-18-16(21(22,23)24)11-26-20(19(18)31(28)29)27-12-14(10-25-3)9-17(27)15-8-6-5-7-13(15)2/h5-9,11-12,20,25H,4,10H2,1-3H3. The third-order valence-corrected chi connectivity index (χ3v) is 5.55. The van der Waals surface area contributed by atoms with E-state index in [1.807, 2.05) is 37.3 Å². The van der Waals surface area contributed by atoms with E-state index in [1.165, 1.54) is 6.92 Å². The Hall–Kier alpha value is -2.85. The molecular weight excluding hydrogens is 431 g/mol. The van der Waals surface area contributed by atoms with Gasteiger partial charge in [0.25, 0.3) is 0 Å². The van der Waals surface area contributed by atoms with Crippen LogP contribution >= 0.6 is 0 Å². The molecule has 0 aliphatic carbocycles. The number of nitrogens with one attached hydrogen (secondary N) is 1. The molecule has 0 fully saturated rings. The smallest absolute Gasteiger partial charge is 0.421 e. The van der Waals surface area contributed by atoms with E-state index >= 15 is 0 Å². The van der Waals surface area contributed by atoms with Gasteiger partial charge in [-0.2, -0.15) is 21.6 Å². The molecule has 0 saturated heterocycles. The summed E-state index contributed by atoms with van der Waals surface area (Å²) in [6.45, 7) is 3.75. The van der Waals surface area contributed by atoms with Gasteiger partial charge in [0.2, 0.25) is 10.3 Å². The molecule has 0 saturated carbocycles. The van der Waals surface area contributed by atoms with Crippen LogP contribution in [0.2, 0.25) is 0 Å². The highest BCUT2D eigenvalue weighted by Gasteiger charge is 2.42. The van der Waals surface area contributed by atoms with Crippen LogP contribution in [0.25, 0.3) is 11.3 Å². The number of dihydropyridines is 1. The number of rotatable bonds is 6. The van der Waals surface area contributed by atoms with E-state index < -0.39 is 38.8 Å². The number of nitrogens with zero attached hydrogens (tertiary/aromatic N) is 2. The van der Waals surface area contributed by atoms with Gasteiger partial charge in [0, 0.05) is 24.5 Å². The average Bonchev–Trinajstić information content (AvgIpc) is 3.11. The molecule has 0 radical (unpaired) electrons. The van der Waals surface area contributed by atoms with Crippen LogP contribution in [0.1, 0.15) is 24.2 Å². The Morgan fingerprint density at radius 3 is 2.55 bits per heavy atom. The quantitative estimate of drug-likeness (QED) is 0.678. The average molecular weight is 453 g/mol. The van der Waals surface area contributed by atoms with E-state index in [0.717, 1.165) is 16.7 Å². The molecule has 0 bridgehead atoms. The molecule has 1 unspecified atom stereocenters. The van der Waals surface area contributed by atoms with Gasteiger partial charge in [0.05, 0.1) is 12.3 Å². The molecule has 0 spiro atoms. The van der Waals surface area contributed by atoms with E-state index in [4.69, 9.17) is 4.74 Å². The Balaban J connectivity index is 2.26. The minimum atomic E-state index is -4.81. The number of ether oxygens (including phenoxy) is 1. The fourth-order valence-corrected chi connectivity index (χ4v) is 4.16. The molecule has 166 valence electrons. The van der Waals surface area contributed by atoms with E-state index in [-0.39, 0.29) is 6.61 Å². The molecule has 2 heterocycles. The van der Waals surface area contributed by atoms with Gasteiger partial charge in [-0.3, -0.25) is 4.99 Å². The molecule has 1 aromatic heterocycles. The van der Waals surface area contributed by atoms with Crippen LogP contribution in [-0.4, -0.2) is 43.9 Å². The predicted octanol–water partition coefficient (Wildman–Crippen LogP) is 3.67. The van der Waals surface area contributed by atoms with Gasteiger partial charge in [0.1, 0.15) is 5.57 Å². The maximum atomic E-state index is 13.5. The highest BCUT2D eigenvalue weighted by atomic mass is 32.2. The molecule has 6 nitrogen and oxygen atoms in total. The molecule has 1 aliphatic heterocycles. The number of hydrogen-bond donors (Lipinski definition) is 1. The number of allylic oxidation sites excluding steroid dienone is 1. The second-order valence-corrected chi connectivity index (χ2v) is 7.82. The molecule has 31 heavy (non-hydrogen) atoms. The zero-order valence-corrected chi connectivity index (χ0v) is 18.0. The summed E-state index contributed by atoms with van der Waals surface area (Å²) in [4.78, 5) is 3.44. The van der Waals surface area contributed by atoms with Gasteiger partial charge in [-0.15, -0.1) is 0 Å². The Morgan fingerprint density at radius 1 is 1.26 bits per heavy atom. The van der Waals surface area contributed by atoms with Gasteiger partial charge in [-0.1, -0.05) is 24.3 Å². The van der Waals surface area contributed by atoms with E-state index in [0.29, 0.717) is 18.5 Å². The summed E-state index contributed by atoms with van der Waals surface area (Å²) in [5, 5.41) is 3.02. The second-order valence-electron chi connectivity index (χ2n) is 6.91. The fraction of sp³-hybridized carbons (Fsp3) is 0.333. The number of benzene rings is 1. The van der Waals surface area contributed by atoms with Crippen molar-refractivity contribution in [2.45, 2.75) is 32.7 Å². The molecule has 1 aromatic carbocycles. The molecule has 1 atom stereocenters. The molecule has 3 rings (SSSR count). The maximum absolute atomic E-state index is 13.5. The number of aliphatic imine (C=N–C) groups is 1. The molecule has 0 amide bonds. The normalized spacial score (nSPS) is 16.7. The first-order chi connectivity index (χ1) is 14.7. The molecule has 10 heteroatoms. The lowest BCUT2D eigenvalue weighted by atomic mass is 10.0. The van der Waals surface area contributed by atoms with E-state index in [2.05, 4.69) is 10.3 Å². The first-order valence-corrected chi connectivity index (χ1v) is 10.6. The van der Waals surface area contributed by atoms with E-state index in [1.54, 1.807) is 17.8 Å². The first kappa shape index (κ1) is 22.8. The molecule has 1 N–H and O–H groups in total. The third kappa shape index (κ3) is 4.59. The third-order valence-electron chi connectivity index (χ3n) is 4.79. The number of aryl methyl sites for hydroxylation is 1. The van der Waals surface area contributed by atoms with Gasteiger partial charge in [-0.05, 0) is 38.1 Å². The van der Waals surface area contributed by atoms with Gasteiger partial charge in [-0.25, -0.2) is 0 Å². The van der Waals surface area contributed by atoms with Crippen molar-refractivity contribution < 1.29 is 26.3 Å². The van der Waals surface area contributed by atoms with Crippen molar-refractivity contribution in [3.8, 4) is 11.3 Å². The van der Waals surface area contributed by atoms with Crippen molar-refractivity contribution in [2.75, 3.05) is 13.7 Å².